The molecular weight excluding hydrogens is 607 g/mol. The van der Waals surface area contributed by atoms with Crippen LogP contribution in [0.1, 0.15) is 74.1 Å². The minimum absolute atomic E-state index is 0.179. The second-order valence-electron chi connectivity index (χ2n) is 14.5. The van der Waals surface area contributed by atoms with Crippen LogP contribution in [0.15, 0.2) is 78.9 Å². The van der Waals surface area contributed by atoms with E-state index in [9.17, 15) is 18.0 Å². The van der Waals surface area contributed by atoms with Crippen LogP contribution in [0.2, 0.25) is 0 Å². The molecule has 3 aromatic rings. The maximum absolute atomic E-state index is 14.4. The number of nitrogens with zero attached hydrogens (tertiary/aromatic N) is 2. The van der Waals surface area contributed by atoms with Crippen LogP contribution < -0.4 is 9.62 Å². The molecule has 250 valence electrons. The van der Waals surface area contributed by atoms with Gasteiger partial charge >= 0.3 is 0 Å². The smallest absolute Gasteiger partial charge is 0.244 e. The Morgan fingerprint density at radius 2 is 1.45 bits per heavy atom. The van der Waals surface area contributed by atoms with Gasteiger partial charge in [0.2, 0.25) is 21.8 Å². The highest BCUT2D eigenvalue weighted by atomic mass is 32.2. The first-order valence-electron chi connectivity index (χ1n) is 17.3. The number of hydrogen-bond acceptors (Lipinski definition) is 4. The molecule has 4 aliphatic carbocycles. The van der Waals surface area contributed by atoms with Crippen molar-refractivity contribution in [2.45, 2.75) is 83.2 Å². The average Bonchev–Trinajstić information content (AvgIpc) is 3.04. The van der Waals surface area contributed by atoms with Gasteiger partial charge in [-0.1, -0.05) is 79.2 Å². The van der Waals surface area contributed by atoms with Gasteiger partial charge in [0.15, 0.2) is 0 Å². The fraction of sp³-hybridized carbons (Fsp3) is 0.487. The van der Waals surface area contributed by atoms with Crippen LogP contribution in [-0.2, 0) is 38.0 Å². The summed E-state index contributed by atoms with van der Waals surface area (Å²) in [6.07, 6.45) is 9.99. The predicted molar refractivity (Wildman–Crippen MR) is 187 cm³/mol. The van der Waals surface area contributed by atoms with Gasteiger partial charge in [-0.05, 0) is 104 Å². The van der Waals surface area contributed by atoms with Crippen LogP contribution in [0.4, 0.5) is 5.69 Å². The highest BCUT2D eigenvalue weighted by Gasteiger charge is 2.51. The maximum Gasteiger partial charge on any atom is 0.244 e. The highest BCUT2D eigenvalue weighted by Crippen LogP contribution is 2.60. The number of rotatable bonds is 13. The van der Waals surface area contributed by atoms with E-state index >= 15 is 0 Å². The van der Waals surface area contributed by atoms with Crippen molar-refractivity contribution in [2.75, 3.05) is 23.7 Å². The summed E-state index contributed by atoms with van der Waals surface area (Å²) in [4.78, 5) is 29.7. The summed E-state index contributed by atoms with van der Waals surface area (Å²) in [7, 11) is -3.82. The number of aryl methyl sites for hydroxylation is 1. The molecule has 0 saturated heterocycles. The van der Waals surface area contributed by atoms with Crippen LogP contribution in [-0.4, -0.2) is 50.5 Å². The molecule has 0 unspecified atom stereocenters. The quantitative estimate of drug-likeness (QED) is 0.231. The largest absolute Gasteiger partial charge is 0.354 e. The van der Waals surface area contributed by atoms with E-state index in [0.29, 0.717) is 18.7 Å². The zero-order valence-electron chi connectivity index (χ0n) is 28.0. The first-order valence-corrected chi connectivity index (χ1v) is 19.1. The molecule has 2 amide bonds. The molecule has 4 bridgehead atoms. The van der Waals surface area contributed by atoms with Gasteiger partial charge in [0.25, 0.3) is 0 Å². The summed E-state index contributed by atoms with van der Waals surface area (Å²) >= 11 is 0. The first kappa shape index (κ1) is 33.3. The van der Waals surface area contributed by atoms with Crippen LogP contribution in [0.3, 0.4) is 0 Å². The number of carbonyl (C=O) groups excluding carboxylic acids is 2. The lowest BCUT2D eigenvalue weighted by Crippen LogP contribution is -2.53. The summed E-state index contributed by atoms with van der Waals surface area (Å²) in [6.45, 7) is 4.26. The van der Waals surface area contributed by atoms with Crippen molar-refractivity contribution in [3.8, 4) is 0 Å². The zero-order chi connectivity index (χ0) is 33.2. The van der Waals surface area contributed by atoms with Gasteiger partial charge in [0, 0.05) is 19.5 Å². The standard InChI is InChI=1S/C39H49N3O4S/c1-4-18-40-38(44)36(22-29-8-6-5-7-9-29)41(26-30-12-10-28(2)11-13-30)37(43)27-42(47(3,45)46)35-16-14-34(15-17-35)39-23-31-19-32(24-39)21-33(20-31)25-39/h5-17,31-33,36H,4,18-27H2,1-3H3,(H,40,44)/t31?,32?,33?,36-,39?/m0/s1. The molecule has 4 fully saturated rings. The second-order valence-corrected chi connectivity index (χ2v) is 16.4. The minimum Gasteiger partial charge on any atom is -0.354 e. The van der Waals surface area contributed by atoms with Crippen LogP contribution in [0.5, 0.6) is 0 Å². The van der Waals surface area contributed by atoms with Crippen LogP contribution in [0.25, 0.3) is 0 Å². The molecule has 1 N–H and O–H groups in total. The van der Waals surface area contributed by atoms with Crippen molar-refractivity contribution in [1.82, 2.24) is 10.2 Å². The molecule has 8 heteroatoms. The summed E-state index contributed by atoms with van der Waals surface area (Å²) in [5.74, 6) is 1.76. The summed E-state index contributed by atoms with van der Waals surface area (Å²) in [5, 5.41) is 2.99. The van der Waals surface area contributed by atoms with E-state index < -0.39 is 28.5 Å². The Morgan fingerprint density at radius 1 is 0.851 bits per heavy atom. The van der Waals surface area contributed by atoms with E-state index in [1.807, 2.05) is 80.6 Å². The van der Waals surface area contributed by atoms with Gasteiger partial charge in [0.1, 0.15) is 12.6 Å². The Balaban J connectivity index is 1.29. The Hall–Kier alpha value is -3.65. The van der Waals surface area contributed by atoms with Crippen LogP contribution >= 0.6 is 0 Å². The van der Waals surface area contributed by atoms with Gasteiger partial charge < -0.3 is 10.2 Å². The second kappa shape index (κ2) is 13.8. The lowest BCUT2D eigenvalue weighted by molar-refractivity contribution is -0.140. The molecule has 7 rings (SSSR count). The van der Waals surface area contributed by atoms with Gasteiger partial charge in [-0.15, -0.1) is 0 Å². The van der Waals surface area contributed by atoms with Gasteiger partial charge in [0.05, 0.1) is 11.9 Å². The Labute approximate surface area is 280 Å². The van der Waals surface area contributed by atoms with E-state index in [-0.39, 0.29) is 17.9 Å². The number of benzene rings is 3. The fourth-order valence-electron chi connectivity index (χ4n) is 8.87. The van der Waals surface area contributed by atoms with E-state index in [4.69, 9.17) is 0 Å². The van der Waals surface area contributed by atoms with Gasteiger partial charge in [-0.3, -0.25) is 13.9 Å². The molecule has 4 aliphatic rings. The molecular formula is C39H49N3O4S. The third-order valence-electron chi connectivity index (χ3n) is 10.8. The number of amides is 2. The molecule has 0 spiro atoms. The molecule has 4 saturated carbocycles. The predicted octanol–water partition coefficient (Wildman–Crippen LogP) is 6.40. The first-order chi connectivity index (χ1) is 22.5. The number of nitrogens with one attached hydrogen (secondary N) is 1. The molecule has 3 aromatic carbocycles. The van der Waals surface area contributed by atoms with E-state index in [2.05, 4.69) is 17.4 Å². The molecule has 0 radical (unpaired) electrons. The monoisotopic (exact) mass is 655 g/mol. The number of hydrogen-bond donors (Lipinski definition) is 1. The third kappa shape index (κ3) is 7.58. The van der Waals surface area contributed by atoms with E-state index in [1.54, 1.807) is 4.90 Å². The topological polar surface area (TPSA) is 86.8 Å². The molecule has 1 atom stereocenters. The van der Waals surface area contributed by atoms with Gasteiger partial charge in [-0.25, -0.2) is 8.42 Å². The zero-order valence-corrected chi connectivity index (χ0v) is 28.8. The lowest BCUT2D eigenvalue weighted by Gasteiger charge is -2.57. The number of sulfonamides is 1. The number of carbonyl (C=O) groups is 2. The Morgan fingerprint density at radius 3 is 2.00 bits per heavy atom. The molecule has 47 heavy (non-hydrogen) atoms. The fourth-order valence-corrected chi connectivity index (χ4v) is 9.72. The SMILES string of the molecule is CCCNC(=O)[C@H](Cc1ccccc1)N(Cc1ccc(C)cc1)C(=O)CN(c1ccc(C23CC4CC(CC(C4)C2)C3)cc1)S(C)(=O)=O. The normalized spacial score (nSPS) is 23.7. The van der Waals surface area contributed by atoms with Crippen molar-refractivity contribution in [3.05, 3.63) is 101 Å². The van der Waals surface area contributed by atoms with Crippen molar-refractivity contribution in [3.63, 3.8) is 0 Å². The van der Waals surface area contributed by atoms with Crippen molar-refractivity contribution < 1.29 is 18.0 Å². The summed E-state index contributed by atoms with van der Waals surface area (Å²) < 4.78 is 27.8. The van der Waals surface area contributed by atoms with Gasteiger partial charge in [-0.2, -0.15) is 0 Å². The van der Waals surface area contributed by atoms with Crippen molar-refractivity contribution >= 4 is 27.5 Å². The molecule has 0 heterocycles. The Kier molecular flexibility index (Phi) is 9.79. The summed E-state index contributed by atoms with van der Waals surface area (Å²) in [6, 6.07) is 24.7. The summed E-state index contributed by atoms with van der Waals surface area (Å²) in [5.41, 5.74) is 4.85. The molecule has 7 nitrogen and oxygen atoms in total. The molecule has 0 aliphatic heterocycles. The van der Waals surface area contributed by atoms with E-state index in [0.717, 1.165) is 47.1 Å². The average molecular weight is 656 g/mol. The molecule has 0 aromatic heterocycles. The minimum atomic E-state index is -3.82. The maximum atomic E-state index is 14.4. The van der Waals surface area contributed by atoms with E-state index in [1.165, 1.54) is 48.4 Å². The van der Waals surface area contributed by atoms with Crippen molar-refractivity contribution in [2.24, 2.45) is 17.8 Å². The highest BCUT2D eigenvalue weighted by molar-refractivity contribution is 7.92. The lowest BCUT2D eigenvalue weighted by atomic mass is 9.48. The van der Waals surface area contributed by atoms with Crippen molar-refractivity contribution in [1.29, 1.82) is 0 Å². The third-order valence-corrected chi connectivity index (χ3v) is 11.9. The number of anilines is 1. The Bertz CT molecular complexity index is 1620. The van der Waals surface area contributed by atoms with Crippen LogP contribution in [0, 0.1) is 24.7 Å².